The first kappa shape index (κ1) is 12.1. The zero-order valence-corrected chi connectivity index (χ0v) is 10.2. The van der Waals surface area contributed by atoms with Crippen LogP contribution in [0.25, 0.3) is 10.9 Å². The predicted octanol–water partition coefficient (Wildman–Crippen LogP) is 1.90. The van der Waals surface area contributed by atoms with Gasteiger partial charge in [0.1, 0.15) is 0 Å². The summed E-state index contributed by atoms with van der Waals surface area (Å²) >= 11 is 0. The third-order valence-electron chi connectivity index (χ3n) is 2.80. The number of aromatic nitrogens is 1. The fraction of sp³-hybridized carbons (Fsp3) is 0.250. The van der Waals surface area contributed by atoms with Crippen LogP contribution >= 0.6 is 0 Å². The third kappa shape index (κ3) is 1.54. The molecular formula is C12H13NO5. The number of carboxylic acid groups (broad SMARTS) is 1. The number of fused-ring (bicyclic) bond motifs is 1. The average molecular weight is 251 g/mol. The van der Waals surface area contributed by atoms with Crippen LogP contribution in [0.1, 0.15) is 16.1 Å². The summed E-state index contributed by atoms with van der Waals surface area (Å²) in [5, 5.41) is 19.4. The number of aromatic carboxylic acids is 1. The second kappa shape index (κ2) is 4.14. The van der Waals surface area contributed by atoms with Gasteiger partial charge in [0, 0.05) is 11.1 Å². The van der Waals surface area contributed by atoms with Crippen LogP contribution in [0.4, 0.5) is 0 Å². The van der Waals surface area contributed by atoms with Gasteiger partial charge >= 0.3 is 5.97 Å². The zero-order chi connectivity index (χ0) is 13.4. The van der Waals surface area contributed by atoms with Gasteiger partial charge in [-0.1, -0.05) is 0 Å². The first-order valence-electron chi connectivity index (χ1n) is 5.20. The van der Waals surface area contributed by atoms with Crippen LogP contribution in [0, 0.1) is 6.92 Å². The topological polar surface area (TPSA) is 91.8 Å². The Morgan fingerprint density at radius 1 is 1.28 bits per heavy atom. The number of carbonyl (C=O) groups is 1. The van der Waals surface area contributed by atoms with E-state index in [1.807, 2.05) is 0 Å². The maximum Gasteiger partial charge on any atom is 0.338 e. The van der Waals surface area contributed by atoms with E-state index in [1.54, 1.807) is 6.92 Å². The molecule has 0 aliphatic heterocycles. The molecule has 2 aromatic rings. The minimum absolute atomic E-state index is 0.112. The number of nitrogens with one attached hydrogen (secondary N) is 1. The fourth-order valence-electron chi connectivity index (χ4n) is 2.07. The molecule has 0 saturated heterocycles. The second-order valence-electron chi connectivity index (χ2n) is 3.81. The van der Waals surface area contributed by atoms with E-state index in [0.29, 0.717) is 16.6 Å². The molecule has 1 heterocycles. The number of carboxylic acids is 1. The number of rotatable bonds is 3. The molecule has 2 rings (SSSR count). The van der Waals surface area contributed by atoms with Gasteiger partial charge in [-0.15, -0.1) is 0 Å². The quantitative estimate of drug-likeness (QED) is 0.774. The molecule has 0 aliphatic carbocycles. The molecule has 3 N–H and O–H groups in total. The van der Waals surface area contributed by atoms with Gasteiger partial charge in [0.25, 0.3) is 0 Å². The van der Waals surface area contributed by atoms with Crippen molar-refractivity contribution in [1.82, 2.24) is 4.98 Å². The number of phenols is 1. The molecule has 0 amide bonds. The van der Waals surface area contributed by atoms with Crippen LogP contribution in [-0.2, 0) is 0 Å². The number of ether oxygens (including phenoxy) is 2. The Kier molecular flexibility index (Phi) is 2.78. The van der Waals surface area contributed by atoms with E-state index in [4.69, 9.17) is 14.6 Å². The second-order valence-corrected chi connectivity index (χ2v) is 3.81. The van der Waals surface area contributed by atoms with E-state index in [0.717, 1.165) is 0 Å². The van der Waals surface area contributed by atoms with Crippen LogP contribution in [0.2, 0.25) is 0 Å². The van der Waals surface area contributed by atoms with Gasteiger partial charge in [0.15, 0.2) is 11.5 Å². The van der Waals surface area contributed by atoms with Crippen molar-refractivity contribution in [2.75, 3.05) is 14.2 Å². The van der Waals surface area contributed by atoms with Crippen LogP contribution < -0.4 is 9.47 Å². The van der Waals surface area contributed by atoms with E-state index < -0.39 is 5.97 Å². The number of hydrogen-bond donors (Lipinski definition) is 3. The molecule has 0 spiro atoms. The molecule has 0 saturated carbocycles. The minimum Gasteiger partial charge on any atom is -0.504 e. The van der Waals surface area contributed by atoms with Crippen molar-refractivity contribution in [2.45, 2.75) is 6.92 Å². The molecule has 0 radical (unpaired) electrons. The summed E-state index contributed by atoms with van der Waals surface area (Å²) in [5.41, 5.74) is 1.09. The number of aromatic hydroxyl groups is 1. The van der Waals surface area contributed by atoms with Crippen LogP contribution in [0.15, 0.2) is 6.07 Å². The molecule has 1 aromatic heterocycles. The molecule has 0 atom stereocenters. The standard InChI is InChI=1S/C12H13NO5/c1-5-8(12(15)16)6-4-7(14)10(17-2)11(18-3)9(6)13-5/h4,13-14H,1-3H3,(H,15,16). The summed E-state index contributed by atoms with van der Waals surface area (Å²) in [6.07, 6.45) is 0. The normalized spacial score (nSPS) is 10.6. The minimum atomic E-state index is -1.06. The van der Waals surface area contributed by atoms with Crippen LogP contribution in [0.3, 0.4) is 0 Å². The smallest absolute Gasteiger partial charge is 0.338 e. The Balaban J connectivity index is 2.92. The summed E-state index contributed by atoms with van der Waals surface area (Å²) in [7, 11) is 2.82. The van der Waals surface area contributed by atoms with E-state index in [2.05, 4.69) is 4.98 Å². The molecule has 96 valence electrons. The molecule has 0 aliphatic rings. The lowest BCUT2D eigenvalue weighted by Crippen LogP contribution is -1.97. The number of H-pyrrole nitrogens is 1. The Morgan fingerprint density at radius 3 is 2.39 bits per heavy atom. The molecule has 18 heavy (non-hydrogen) atoms. The highest BCUT2D eigenvalue weighted by Crippen LogP contribution is 2.43. The zero-order valence-electron chi connectivity index (χ0n) is 10.2. The summed E-state index contributed by atoms with van der Waals surface area (Å²) < 4.78 is 10.2. The summed E-state index contributed by atoms with van der Waals surface area (Å²) in [6.45, 7) is 1.65. The summed E-state index contributed by atoms with van der Waals surface area (Å²) in [6, 6.07) is 1.35. The van der Waals surface area contributed by atoms with Crippen molar-refractivity contribution in [1.29, 1.82) is 0 Å². The van der Waals surface area contributed by atoms with Crippen molar-refractivity contribution in [2.24, 2.45) is 0 Å². The van der Waals surface area contributed by atoms with Gasteiger partial charge in [-0.25, -0.2) is 4.79 Å². The van der Waals surface area contributed by atoms with E-state index in [9.17, 15) is 9.90 Å². The predicted molar refractivity (Wildman–Crippen MR) is 64.8 cm³/mol. The van der Waals surface area contributed by atoms with Crippen molar-refractivity contribution >= 4 is 16.9 Å². The van der Waals surface area contributed by atoms with Gasteiger partial charge in [-0.2, -0.15) is 0 Å². The maximum absolute atomic E-state index is 11.2. The molecule has 1 aromatic carbocycles. The van der Waals surface area contributed by atoms with Crippen molar-refractivity contribution < 1.29 is 24.5 Å². The lowest BCUT2D eigenvalue weighted by atomic mass is 10.1. The first-order chi connectivity index (χ1) is 8.51. The Morgan fingerprint density at radius 2 is 1.89 bits per heavy atom. The Labute approximate surface area is 103 Å². The monoisotopic (exact) mass is 251 g/mol. The number of aryl methyl sites for hydroxylation is 1. The largest absolute Gasteiger partial charge is 0.504 e. The van der Waals surface area contributed by atoms with Crippen molar-refractivity contribution in [3.63, 3.8) is 0 Å². The fourth-order valence-corrected chi connectivity index (χ4v) is 2.07. The lowest BCUT2D eigenvalue weighted by Gasteiger charge is -2.10. The Hall–Kier alpha value is -2.37. The molecule has 0 unspecified atom stereocenters. The lowest BCUT2D eigenvalue weighted by molar-refractivity contribution is 0.0698. The van der Waals surface area contributed by atoms with E-state index >= 15 is 0 Å². The van der Waals surface area contributed by atoms with Crippen LogP contribution in [-0.4, -0.2) is 35.4 Å². The number of aromatic amines is 1. The molecular weight excluding hydrogens is 238 g/mol. The Bertz CT molecular complexity index is 629. The number of methoxy groups -OCH3 is 2. The average Bonchev–Trinajstić information content (AvgIpc) is 2.62. The van der Waals surface area contributed by atoms with Crippen molar-refractivity contribution in [3.8, 4) is 17.2 Å². The maximum atomic E-state index is 11.2. The SMILES string of the molecule is COc1c(O)cc2c(C(=O)O)c(C)[nH]c2c1OC. The summed E-state index contributed by atoms with van der Waals surface area (Å²) in [4.78, 5) is 14.1. The van der Waals surface area contributed by atoms with Gasteiger partial charge < -0.3 is 24.7 Å². The molecule has 6 heteroatoms. The highest BCUT2D eigenvalue weighted by atomic mass is 16.5. The summed E-state index contributed by atoms with van der Waals surface area (Å²) in [5.74, 6) is -0.778. The van der Waals surface area contributed by atoms with E-state index in [1.165, 1.54) is 20.3 Å². The number of benzene rings is 1. The molecule has 0 fully saturated rings. The number of phenolic OH excluding ortho intramolecular Hbond substituents is 1. The van der Waals surface area contributed by atoms with E-state index in [-0.39, 0.29) is 22.8 Å². The van der Waals surface area contributed by atoms with Gasteiger partial charge in [-0.3, -0.25) is 0 Å². The highest BCUT2D eigenvalue weighted by molar-refractivity contribution is 6.07. The van der Waals surface area contributed by atoms with Crippen LogP contribution in [0.5, 0.6) is 17.2 Å². The molecule has 6 nitrogen and oxygen atoms in total. The van der Waals surface area contributed by atoms with Gasteiger partial charge in [0.05, 0.1) is 25.3 Å². The number of hydrogen-bond acceptors (Lipinski definition) is 4. The molecule has 0 bridgehead atoms. The first-order valence-corrected chi connectivity index (χ1v) is 5.20. The highest BCUT2D eigenvalue weighted by Gasteiger charge is 2.22. The van der Waals surface area contributed by atoms with Crippen molar-refractivity contribution in [3.05, 3.63) is 17.3 Å². The third-order valence-corrected chi connectivity index (χ3v) is 2.80. The van der Waals surface area contributed by atoms with Gasteiger partial charge in [-0.05, 0) is 13.0 Å². The van der Waals surface area contributed by atoms with Gasteiger partial charge in [0.2, 0.25) is 5.75 Å².